The standard InChI is InChI=1S/C20H20N4O4S/c1-12-7-8-24-11-17(21-19(24)9-12)15-5-6-18(27-4)16(10-15)23-29(25,26)20-13(2)22-28-14(20)3/h5-11,23H,1-4H3. The summed E-state index contributed by atoms with van der Waals surface area (Å²) in [6, 6.07) is 9.21. The molecule has 0 unspecified atom stereocenters. The van der Waals surface area contributed by atoms with Crippen LogP contribution in [0, 0.1) is 20.8 Å². The predicted octanol–water partition coefficient (Wildman–Crippen LogP) is 3.72. The average Bonchev–Trinajstić information content (AvgIpc) is 3.24. The SMILES string of the molecule is COc1ccc(-c2cn3ccc(C)cc3n2)cc1NS(=O)(=O)c1c(C)noc1C. The molecule has 0 aliphatic heterocycles. The molecular formula is C20H20N4O4S. The number of nitrogens with one attached hydrogen (secondary N) is 1. The maximum atomic E-state index is 12.9. The van der Waals surface area contributed by atoms with Crippen molar-refractivity contribution in [2.24, 2.45) is 0 Å². The molecule has 0 spiro atoms. The zero-order valence-electron chi connectivity index (χ0n) is 16.4. The Balaban J connectivity index is 1.77. The number of hydrogen-bond acceptors (Lipinski definition) is 6. The quantitative estimate of drug-likeness (QED) is 0.536. The van der Waals surface area contributed by atoms with Crippen LogP contribution >= 0.6 is 0 Å². The first-order valence-corrected chi connectivity index (χ1v) is 10.4. The molecule has 4 rings (SSSR count). The molecule has 0 saturated heterocycles. The molecule has 1 N–H and O–H groups in total. The first-order chi connectivity index (χ1) is 13.8. The summed E-state index contributed by atoms with van der Waals surface area (Å²) < 4.78 is 40.7. The van der Waals surface area contributed by atoms with Crippen molar-refractivity contribution in [2.75, 3.05) is 11.8 Å². The summed E-state index contributed by atoms with van der Waals surface area (Å²) in [5.74, 6) is 0.615. The maximum absolute atomic E-state index is 12.9. The maximum Gasteiger partial charge on any atom is 0.267 e. The summed E-state index contributed by atoms with van der Waals surface area (Å²) in [4.78, 5) is 4.66. The lowest BCUT2D eigenvalue weighted by Crippen LogP contribution is -2.15. The Morgan fingerprint density at radius 2 is 1.93 bits per heavy atom. The van der Waals surface area contributed by atoms with E-state index in [9.17, 15) is 8.42 Å². The van der Waals surface area contributed by atoms with Crippen LogP contribution in [0.5, 0.6) is 5.75 Å². The van der Waals surface area contributed by atoms with Crippen LogP contribution < -0.4 is 9.46 Å². The van der Waals surface area contributed by atoms with Gasteiger partial charge < -0.3 is 13.7 Å². The number of fused-ring (bicyclic) bond motifs is 1. The van der Waals surface area contributed by atoms with Crippen LogP contribution in [0.1, 0.15) is 17.0 Å². The first-order valence-electron chi connectivity index (χ1n) is 8.88. The van der Waals surface area contributed by atoms with E-state index < -0.39 is 10.0 Å². The van der Waals surface area contributed by atoms with Crippen LogP contribution in [-0.4, -0.2) is 30.1 Å². The molecule has 0 saturated carbocycles. The van der Waals surface area contributed by atoms with Gasteiger partial charge in [-0.2, -0.15) is 0 Å². The van der Waals surface area contributed by atoms with Gasteiger partial charge >= 0.3 is 0 Å². The summed E-state index contributed by atoms with van der Waals surface area (Å²) in [6.45, 7) is 5.14. The van der Waals surface area contributed by atoms with Crippen molar-refractivity contribution in [1.29, 1.82) is 0 Å². The molecule has 3 heterocycles. The van der Waals surface area contributed by atoms with Crippen LogP contribution in [0.2, 0.25) is 0 Å². The molecule has 0 radical (unpaired) electrons. The van der Waals surface area contributed by atoms with E-state index in [1.165, 1.54) is 7.11 Å². The highest BCUT2D eigenvalue weighted by Crippen LogP contribution is 2.33. The van der Waals surface area contributed by atoms with Crippen molar-refractivity contribution < 1.29 is 17.7 Å². The number of aromatic nitrogens is 3. The number of imidazole rings is 1. The summed E-state index contributed by atoms with van der Waals surface area (Å²) in [5, 5.41) is 3.72. The highest BCUT2D eigenvalue weighted by molar-refractivity contribution is 7.92. The van der Waals surface area contributed by atoms with Gasteiger partial charge in [-0.15, -0.1) is 0 Å². The Bertz CT molecular complexity index is 1300. The van der Waals surface area contributed by atoms with Crippen LogP contribution in [0.4, 0.5) is 5.69 Å². The molecule has 0 atom stereocenters. The van der Waals surface area contributed by atoms with Crippen LogP contribution in [-0.2, 0) is 10.0 Å². The minimum absolute atomic E-state index is 0.0214. The highest BCUT2D eigenvalue weighted by atomic mass is 32.2. The van der Waals surface area contributed by atoms with Gasteiger partial charge in [-0.3, -0.25) is 4.72 Å². The Morgan fingerprint density at radius 1 is 1.14 bits per heavy atom. The summed E-state index contributed by atoms with van der Waals surface area (Å²) in [6.07, 6.45) is 3.83. The van der Waals surface area contributed by atoms with Gasteiger partial charge in [0.15, 0.2) is 10.7 Å². The lowest BCUT2D eigenvalue weighted by atomic mass is 10.1. The Morgan fingerprint density at radius 3 is 2.62 bits per heavy atom. The number of sulfonamides is 1. The molecule has 0 aliphatic rings. The number of benzene rings is 1. The first kappa shape index (κ1) is 19.0. The average molecular weight is 412 g/mol. The number of ether oxygens (including phenoxy) is 1. The van der Waals surface area contributed by atoms with Gasteiger partial charge in [0.05, 0.1) is 18.5 Å². The van der Waals surface area contributed by atoms with Crippen LogP contribution in [0.25, 0.3) is 16.9 Å². The van der Waals surface area contributed by atoms with E-state index in [4.69, 9.17) is 9.26 Å². The molecule has 29 heavy (non-hydrogen) atoms. The summed E-state index contributed by atoms with van der Waals surface area (Å²) >= 11 is 0. The van der Waals surface area contributed by atoms with E-state index in [1.54, 1.807) is 26.0 Å². The van der Waals surface area contributed by atoms with Gasteiger partial charge in [-0.05, 0) is 56.7 Å². The Labute approximate surface area is 168 Å². The normalized spacial score (nSPS) is 11.7. The second kappa shape index (κ2) is 6.93. The van der Waals surface area contributed by atoms with Gasteiger partial charge in [0.25, 0.3) is 10.0 Å². The molecule has 4 aromatic rings. The van der Waals surface area contributed by atoms with Gasteiger partial charge in [0.1, 0.15) is 17.1 Å². The highest BCUT2D eigenvalue weighted by Gasteiger charge is 2.25. The largest absolute Gasteiger partial charge is 0.495 e. The van der Waals surface area contributed by atoms with Gasteiger partial charge in [-0.1, -0.05) is 5.16 Å². The van der Waals surface area contributed by atoms with Crippen molar-refractivity contribution in [1.82, 2.24) is 14.5 Å². The number of pyridine rings is 1. The molecule has 9 heteroatoms. The van der Waals surface area contributed by atoms with Crippen molar-refractivity contribution in [3.63, 3.8) is 0 Å². The Hall–Kier alpha value is -3.33. The zero-order valence-corrected chi connectivity index (χ0v) is 17.2. The molecule has 0 fully saturated rings. The predicted molar refractivity (Wildman–Crippen MR) is 109 cm³/mol. The topological polar surface area (TPSA) is 98.7 Å². The Kier molecular flexibility index (Phi) is 4.54. The number of hydrogen-bond donors (Lipinski definition) is 1. The third-order valence-corrected chi connectivity index (χ3v) is 6.20. The monoisotopic (exact) mass is 412 g/mol. The van der Waals surface area contributed by atoms with Gasteiger partial charge in [0, 0.05) is 18.0 Å². The van der Waals surface area contributed by atoms with Crippen LogP contribution in [0.15, 0.2) is 52.1 Å². The van der Waals surface area contributed by atoms with E-state index in [0.29, 0.717) is 17.1 Å². The minimum Gasteiger partial charge on any atom is -0.495 e. The third kappa shape index (κ3) is 3.44. The lowest BCUT2D eigenvalue weighted by Gasteiger charge is -2.12. The number of nitrogens with zero attached hydrogens (tertiary/aromatic N) is 3. The fraction of sp³-hybridized carbons (Fsp3) is 0.200. The molecular weight excluding hydrogens is 392 g/mol. The van der Waals surface area contributed by atoms with Crippen molar-refractivity contribution >= 4 is 21.4 Å². The van der Waals surface area contributed by atoms with Crippen molar-refractivity contribution in [3.05, 3.63) is 59.7 Å². The fourth-order valence-corrected chi connectivity index (χ4v) is 4.62. The molecule has 0 aliphatic carbocycles. The summed E-state index contributed by atoms with van der Waals surface area (Å²) in [7, 11) is -2.42. The van der Waals surface area contributed by atoms with Crippen molar-refractivity contribution in [3.8, 4) is 17.0 Å². The smallest absolute Gasteiger partial charge is 0.267 e. The van der Waals surface area contributed by atoms with E-state index in [2.05, 4.69) is 14.9 Å². The second-order valence-electron chi connectivity index (χ2n) is 6.77. The molecule has 0 amide bonds. The number of aryl methyl sites for hydroxylation is 3. The molecule has 150 valence electrons. The van der Waals surface area contributed by atoms with E-state index in [0.717, 1.165) is 22.5 Å². The third-order valence-electron chi connectivity index (χ3n) is 4.59. The molecule has 3 aromatic heterocycles. The fourth-order valence-electron chi connectivity index (χ4n) is 3.22. The second-order valence-corrected chi connectivity index (χ2v) is 8.39. The van der Waals surface area contributed by atoms with E-state index in [-0.39, 0.29) is 10.7 Å². The van der Waals surface area contributed by atoms with Crippen molar-refractivity contribution in [2.45, 2.75) is 25.7 Å². The number of rotatable bonds is 5. The minimum atomic E-state index is -3.90. The number of anilines is 1. The zero-order chi connectivity index (χ0) is 20.8. The van der Waals surface area contributed by atoms with E-state index >= 15 is 0 Å². The molecule has 1 aromatic carbocycles. The summed E-state index contributed by atoms with van der Waals surface area (Å²) in [5.41, 5.74) is 3.99. The lowest BCUT2D eigenvalue weighted by molar-refractivity contribution is 0.390. The van der Waals surface area contributed by atoms with E-state index in [1.807, 2.05) is 41.9 Å². The van der Waals surface area contributed by atoms with Gasteiger partial charge in [-0.25, -0.2) is 13.4 Å². The molecule has 8 nitrogen and oxygen atoms in total. The van der Waals surface area contributed by atoms with Crippen LogP contribution in [0.3, 0.4) is 0 Å². The molecule has 0 bridgehead atoms. The van der Waals surface area contributed by atoms with Gasteiger partial charge in [0.2, 0.25) is 0 Å². The number of methoxy groups -OCH3 is 1.